The van der Waals surface area contributed by atoms with Crippen molar-refractivity contribution < 1.29 is 13.2 Å². The Morgan fingerprint density at radius 3 is 2.34 bits per heavy atom. The van der Waals surface area contributed by atoms with Crippen molar-refractivity contribution in [1.82, 2.24) is 5.32 Å². The van der Waals surface area contributed by atoms with Gasteiger partial charge >= 0.3 is 0 Å². The maximum atomic E-state index is 12.8. The zero-order valence-corrected chi connectivity index (χ0v) is 19.3. The highest BCUT2D eigenvalue weighted by Crippen LogP contribution is 2.32. The summed E-state index contributed by atoms with van der Waals surface area (Å²) in [5, 5.41) is 3.39. The molecule has 0 radical (unpaired) electrons. The number of hydrogen-bond acceptors (Lipinski definition) is 3. The van der Waals surface area contributed by atoms with E-state index >= 15 is 0 Å². The summed E-state index contributed by atoms with van der Waals surface area (Å²) in [7, 11) is -3.78. The van der Waals surface area contributed by atoms with Crippen LogP contribution in [-0.4, -0.2) is 26.6 Å². The standard InChI is InChI=1S/C21H26Cl2N2O3S/c1-5-15-7-8-16(6-2)17(11-15)13-24-21(26)14(3)25(29(4,27)28)20-12-18(22)9-10-19(20)23/h7-12,14H,5-6,13H2,1-4H3,(H,24,26). The molecule has 2 rings (SSSR count). The molecule has 0 bridgehead atoms. The van der Waals surface area contributed by atoms with Crippen LogP contribution < -0.4 is 9.62 Å². The number of carbonyl (C=O) groups excluding carboxylic acids is 1. The second-order valence-electron chi connectivity index (χ2n) is 6.86. The molecule has 0 fully saturated rings. The number of carbonyl (C=O) groups is 1. The fourth-order valence-electron chi connectivity index (χ4n) is 3.17. The fourth-order valence-corrected chi connectivity index (χ4v) is 4.78. The SMILES string of the molecule is CCc1ccc(CC)c(CNC(=O)C(C)N(c2cc(Cl)ccc2Cl)S(C)(=O)=O)c1. The number of aryl methyl sites for hydroxylation is 2. The highest BCUT2D eigenvalue weighted by atomic mass is 35.5. The van der Waals surface area contributed by atoms with Crippen LogP contribution in [0.15, 0.2) is 36.4 Å². The van der Waals surface area contributed by atoms with Gasteiger partial charge in [-0.05, 0) is 54.7 Å². The van der Waals surface area contributed by atoms with Gasteiger partial charge in [-0.3, -0.25) is 9.10 Å². The minimum Gasteiger partial charge on any atom is -0.350 e. The van der Waals surface area contributed by atoms with E-state index in [1.807, 2.05) is 0 Å². The Balaban J connectivity index is 2.28. The van der Waals surface area contributed by atoms with Gasteiger partial charge in [0, 0.05) is 11.6 Å². The van der Waals surface area contributed by atoms with Gasteiger partial charge < -0.3 is 5.32 Å². The first-order valence-electron chi connectivity index (χ1n) is 9.41. The van der Waals surface area contributed by atoms with Crippen LogP contribution in [0.5, 0.6) is 0 Å². The largest absolute Gasteiger partial charge is 0.350 e. The van der Waals surface area contributed by atoms with Crippen molar-refractivity contribution in [2.75, 3.05) is 10.6 Å². The molecule has 0 saturated heterocycles. The first-order chi connectivity index (χ1) is 13.6. The van der Waals surface area contributed by atoms with Crippen molar-refractivity contribution >= 4 is 44.8 Å². The summed E-state index contributed by atoms with van der Waals surface area (Å²) in [6, 6.07) is 9.73. The predicted molar refractivity (Wildman–Crippen MR) is 120 cm³/mol. The van der Waals surface area contributed by atoms with Crippen molar-refractivity contribution in [2.24, 2.45) is 0 Å². The first kappa shape index (κ1) is 23.5. The number of benzene rings is 2. The number of nitrogens with zero attached hydrogens (tertiary/aromatic N) is 1. The lowest BCUT2D eigenvalue weighted by molar-refractivity contribution is -0.122. The summed E-state index contributed by atoms with van der Waals surface area (Å²) in [5.41, 5.74) is 3.53. The zero-order valence-electron chi connectivity index (χ0n) is 17.0. The Hall–Kier alpha value is -1.76. The molecule has 8 heteroatoms. The Labute approximate surface area is 183 Å². The smallest absolute Gasteiger partial charge is 0.243 e. The van der Waals surface area contributed by atoms with Crippen LogP contribution in [0.25, 0.3) is 0 Å². The monoisotopic (exact) mass is 456 g/mol. The summed E-state index contributed by atoms with van der Waals surface area (Å²) in [6.45, 7) is 5.98. The van der Waals surface area contributed by atoms with Gasteiger partial charge in [0.1, 0.15) is 6.04 Å². The highest BCUT2D eigenvalue weighted by molar-refractivity contribution is 7.92. The molecule has 1 amide bonds. The number of amides is 1. The normalized spacial score (nSPS) is 12.5. The predicted octanol–water partition coefficient (Wildman–Crippen LogP) is 4.59. The van der Waals surface area contributed by atoms with Gasteiger partial charge in [0.05, 0.1) is 17.0 Å². The van der Waals surface area contributed by atoms with Gasteiger partial charge in [0.25, 0.3) is 0 Å². The minimum absolute atomic E-state index is 0.173. The third-order valence-electron chi connectivity index (χ3n) is 4.75. The molecule has 1 atom stereocenters. The molecule has 1 unspecified atom stereocenters. The molecule has 0 spiro atoms. The van der Waals surface area contributed by atoms with Crippen LogP contribution >= 0.6 is 23.2 Å². The lowest BCUT2D eigenvalue weighted by atomic mass is 10.0. The molecule has 1 N–H and O–H groups in total. The van der Waals surface area contributed by atoms with Crippen LogP contribution in [0.1, 0.15) is 37.5 Å². The van der Waals surface area contributed by atoms with Gasteiger partial charge in [0.15, 0.2) is 0 Å². The zero-order chi connectivity index (χ0) is 21.8. The summed E-state index contributed by atoms with van der Waals surface area (Å²) >= 11 is 12.2. The minimum atomic E-state index is -3.78. The molecule has 5 nitrogen and oxygen atoms in total. The van der Waals surface area contributed by atoms with Crippen LogP contribution in [0.4, 0.5) is 5.69 Å². The summed E-state index contributed by atoms with van der Waals surface area (Å²) < 4.78 is 25.9. The van der Waals surface area contributed by atoms with Crippen LogP contribution in [0.3, 0.4) is 0 Å². The third kappa shape index (κ3) is 5.87. The van der Waals surface area contributed by atoms with Gasteiger partial charge in [-0.1, -0.05) is 55.2 Å². The molecule has 0 aliphatic heterocycles. The number of nitrogens with one attached hydrogen (secondary N) is 1. The van der Waals surface area contributed by atoms with E-state index in [9.17, 15) is 13.2 Å². The average molecular weight is 457 g/mol. The second-order valence-corrected chi connectivity index (χ2v) is 9.56. The van der Waals surface area contributed by atoms with Crippen LogP contribution in [0, 0.1) is 0 Å². The van der Waals surface area contributed by atoms with E-state index < -0.39 is 22.0 Å². The van der Waals surface area contributed by atoms with Gasteiger partial charge in [-0.25, -0.2) is 8.42 Å². The fraction of sp³-hybridized carbons (Fsp3) is 0.381. The molecule has 0 saturated carbocycles. The van der Waals surface area contributed by atoms with Crippen molar-refractivity contribution in [3.05, 3.63) is 63.1 Å². The Morgan fingerprint density at radius 2 is 1.76 bits per heavy atom. The van der Waals surface area contributed by atoms with E-state index in [-0.39, 0.29) is 10.7 Å². The Morgan fingerprint density at radius 1 is 1.07 bits per heavy atom. The molecule has 2 aromatic rings. The summed E-state index contributed by atoms with van der Waals surface area (Å²) in [4.78, 5) is 12.8. The highest BCUT2D eigenvalue weighted by Gasteiger charge is 2.30. The lowest BCUT2D eigenvalue weighted by Crippen LogP contribution is -2.47. The average Bonchev–Trinajstić information content (AvgIpc) is 2.67. The maximum Gasteiger partial charge on any atom is 0.243 e. The van der Waals surface area contributed by atoms with E-state index in [1.54, 1.807) is 6.07 Å². The van der Waals surface area contributed by atoms with Crippen LogP contribution in [0.2, 0.25) is 10.0 Å². The summed E-state index contributed by atoms with van der Waals surface area (Å²) in [5.74, 6) is -0.421. The maximum absolute atomic E-state index is 12.8. The number of hydrogen-bond donors (Lipinski definition) is 1. The van der Waals surface area contributed by atoms with E-state index in [1.165, 1.54) is 24.6 Å². The number of halogens is 2. The topological polar surface area (TPSA) is 66.5 Å². The summed E-state index contributed by atoms with van der Waals surface area (Å²) in [6.07, 6.45) is 2.78. The molecule has 0 aromatic heterocycles. The second kappa shape index (κ2) is 9.83. The Bertz CT molecular complexity index is 993. The molecule has 0 aliphatic carbocycles. The van der Waals surface area contributed by atoms with E-state index in [2.05, 4.69) is 37.4 Å². The molecular formula is C21H26Cl2N2O3S. The van der Waals surface area contributed by atoms with Crippen molar-refractivity contribution in [3.63, 3.8) is 0 Å². The molecule has 0 heterocycles. The quantitative estimate of drug-likeness (QED) is 0.631. The van der Waals surface area contributed by atoms with Gasteiger partial charge in [-0.15, -0.1) is 0 Å². The first-order valence-corrected chi connectivity index (χ1v) is 12.0. The van der Waals surface area contributed by atoms with Crippen molar-refractivity contribution in [1.29, 1.82) is 0 Å². The molecular weight excluding hydrogens is 431 g/mol. The molecule has 158 valence electrons. The van der Waals surface area contributed by atoms with E-state index in [0.717, 1.165) is 34.5 Å². The third-order valence-corrected chi connectivity index (χ3v) is 6.53. The van der Waals surface area contributed by atoms with Crippen LogP contribution in [-0.2, 0) is 34.2 Å². The number of anilines is 1. The molecule has 0 aliphatic rings. The van der Waals surface area contributed by atoms with E-state index in [4.69, 9.17) is 23.2 Å². The Kier molecular flexibility index (Phi) is 7.97. The number of rotatable bonds is 8. The van der Waals surface area contributed by atoms with Crippen molar-refractivity contribution in [3.8, 4) is 0 Å². The lowest BCUT2D eigenvalue weighted by Gasteiger charge is -2.29. The van der Waals surface area contributed by atoms with E-state index in [0.29, 0.717) is 11.6 Å². The van der Waals surface area contributed by atoms with Crippen molar-refractivity contribution in [2.45, 2.75) is 46.2 Å². The van der Waals surface area contributed by atoms with Gasteiger partial charge in [0.2, 0.25) is 15.9 Å². The number of sulfonamides is 1. The molecule has 2 aromatic carbocycles. The molecule has 29 heavy (non-hydrogen) atoms. The van der Waals surface area contributed by atoms with Gasteiger partial charge in [-0.2, -0.15) is 0 Å².